The molecular weight excluding hydrogens is 288 g/mol. The van der Waals surface area contributed by atoms with E-state index in [4.69, 9.17) is 0 Å². The number of aromatic hydroxyl groups is 1. The van der Waals surface area contributed by atoms with Gasteiger partial charge in [-0.2, -0.15) is 0 Å². The summed E-state index contributed by atoms with van der Waals surface area (Å²) in [4.78, 5) is 4.19. The number of aromatic nitrogens is 1. The van der Waals surface area contributed by atoms with Crippen LogP contribution in [0.25, 0.3) is 11.6 Å². The fraction of sp³-hybridized carbons (Fsp3) is 0.167. The van der Waals surface area contributed by atoms with Crippen molar-refractivity contribution in [2.45, 2.75) is 0 Å². The molecule has 0 fully saturated rings. The Morgan fingerprint density at radius 3 is 2.78 bits per heavy atom. The molecule has 5 heteroatoms. The number of nitrogens with one attached hydrogen (secondary N) is 3. The smallest absolute Gasteiger partial charge is 0.137 e. The minimum Gasteiger partial charge on any atom is -0.506 e. The van der Waals surface area contributed by atoms with Crippen molar-refractivity contribution in [2.75, 3.05) is 30.8 Å². The molecular formula is C18H20N4O. The molecule has 3 rings (SSSR count). The van der Waals surface area contributed by atoms with Gasteiger partial charge in [-0.25, -0.2) is 4.98 Å². The van der Waals surface area contributed by atoms with Crippen LogP contribution in [0.5, 0.6) is 5.75 Å². The van der Waals surface area contributed by atoms with Crippen molar-refractivity contribution < 1.29 is 5.11 Å². The van der Waals surface area contributed by atoms with Crippen molar-refractivity contribution in [1.82, 2.24) is 10.3 Å². The van der Waals surface area contributed by atoms with E-state index in [0.717, 1.165) is 41.3 Å². The maximum absolute atomic E-state index is 9.62. The highest BCUT2D eigenvalue weighted by Crippen LogP contribution is 2.28. The van der Waals surface area contributed by atoms with Gasteiger partial charge in [0.05, 0.1) is 6.20 Å². The topological polar surface area (TPSA) is 69.2 Å². The van der Waals surface area contributed by atoms with Gasteiger partial charge in [-0.1, -0.05) is 12.1 Å². The van der Waals surface area contributed by atoms with E-state index in [-0.39, 0.29) is 5.75 Å². The Hall–Kier alpha value is -2.79. The first-order valence-electron chi connectivity index (χ1n) is 7.59. The molecule has 1 aromatic carbocycles. The van der Waals surface area contributed by atoms with E-state index in [1.165, 1.54) is 6.20 Å². The standard InChI is InChI=1S/C18H20N4O/c1-19-8-9-20-16-4-2-13(3-5-16)14-6-7-21-18-15(10-14)11-17(23)12-22-18/h2-7,10-12,19-20,23H,8-9H2,1H3,(H,21,22). The fourth-order valence-electron chi connectivity index (χ4n) is 2.42. The van der Waals surface area contributed by atoms with E-state index in [0.29, 0.717) is 0 Å². The minimum absolute atomic E-state index is 0.159. The van der Waals surface area contributed by atoms with Crippen LogP contribution in [-0.4, -0.2) is 30.2 Å². The molecule has 0 unspecified atom stereocenters. The second kappa shape index (κ2) is 6.98. The second-order valence-corrected chi connectivity index (χ2v) is 5.32. The quantitative estimate of drug-likeness (QED) is 0.640. The molecule has 1 aliphatic rings. The zero-order valence-corrected chi connectivity index (χ0v) is 13.0. The molecule has 2 aromatic rings. The van der Waals surface area contributed by atoms with E-state index in [1.807, 2.05) is 25.4 Å². The monoisotopic (exact) mass is 308 g/mol. The molecule has 0 aliphatic carbocycles. The minimum atomic E-state index is 0.159. The average molecular weight is 308 g/mol. The van der Waals surface area contributed by atoms with Crippen molar-refractivity contribution in [3.05, 3.63) is 59.9 Å². The lowest BCUT2D eigenvalue weighted by molar-refractivity contribution is 0.472. The molecule has 2 heterocycles. The number of hydrogen-bond donors (Lipinski definition) is 4. The second-order valence-electron chi connectivity index (χ2n) is 5.32. The van der Waals surface area contributed by atoms with Gasteiger partial charge in [-0.05, 0) is 48.5 Å². The molecule has 0 amide bonds. The molecule has 1 aromatic heterocycles. The van der Waals surface area contributed by atoms with Crippen LogP contribution in [0.3, 0.4) is 0 Å². The maximum Gasteiger partial charge on any atom is 0.137 e. The zero-order valence-electron chi connectivity index (χ0n) is 13.0. The van der Waals surface area contributed by atoms with Crippen molar-refractivity contribution in [2.24, 2.45) is 0 Å². The predicted molar refractivity (Wildman–Crippen MR) is 95.4 cm³/mol. The van der Waals surface area contributed by atoms with Gasteiger partial charge in [0.15, 0.2) is 0 Å². The van der Waals surface area contributed by atoms with Crippen LogP contribution in [0.2, 0.25) is 0 Å². The number of anilines is 2. The first-order chi connectivity index (χ1) is 11.3. The average Bonchev–Trinajstić information content (AvgIpc) is 2.77. The maximum atomic E-state index is 9.62. The van der Waals surface area contributed by atoms with E-state index in [1.54, 1.807) is 6.07 Å². The van der Waals surface area contributed by atoms with Gasteiger partial charge in [-0.15, -0.1) is 0 Å². The third kappa shape index (κ3) is 3.70. The summed E-state index contributed by atoms with van der Waals surface area (Å²) in [7, 11) is 1.94. The van der Waals surface area contributed by atoms with Crippen LogP contribution >= 0.6 is 0 Å². The summed E-state index contributed by atoms with van der Waals surface area (Å²) in [5.41, 5.74) is 4.13. The molecule has 118 valence electrons. The summed E-state index contributed by atoms with van der Waals surface area (Å²) >= 11 is 0. The SMILES string of the molecule is CNCCNc1ccc(C2=Cc3cc(O)cnc3NC=C2)cc1. The van der Waals surface area contributed by atoms with Gasteiger partial charge in [0.2, 0.25) is 0 Å². The molecule has 0 atom stereocenters. The highest BCUT2D eigenvalue weighted by Gasteiger charge is 2.08. The lowest BCUT2D eigenvalue weighted by Gasteiger charge is -2.08. The van der Waals surface area contributed by atoms with Gasteiger partial charge >= 0.3 is 0 Å². The summed E-state index contributed by atoms with van der Waals surface area (Å²) in [6, 6.07) is 10.0. The molecule has 4 N–H and O–H groups in total. The highest BCUT2D eigenvalue weighted by molar-refractivity contribution is 5.91. The summed E-state index contributed by atoms with van der Waals surface area (Å²) in [6.07, 6.45) is 7.31. The van der Waals surface area contributed by atoms with E-state index >= 15 is 0 Å². The van der Waals surface area contributed by atoms with Crippen LogP contribution in [0, 0.1) is 0 Å². The Bertz CT molecular complexity index is 735. The Kier molecular flexibility index (Phi) is 4.59. The van der Waals surface area contributed by atoms with Crippen molar-refractivity contribution in [3.8, 4) is 5.75 Å². The normalized spacial score (nSPS) is 12.8. The molecule has 0 bridgehead atoms. The van der Waals surface area contributed by atoms with Crippen molar-refractivity contribution in [1.29, 1.82) is 0 Å². The third-order valence-corrected chi connectivity index (χ3v) is 3.62. The molecule has 0 spiro atoms. The van der Waals surface area contributed by atoms with Gasteiger partial charge in [0.1, 0.15) is 11.6 Å². The van der Waals surface area contributed by atoms with Crippen molar-refractivity contribution >= 4 is 23.2 Å². The first kappa shape index (κ1) is 15.1. The number of hydrogen-bond acceptors (Lipinski definition) is 5. The fourth-order valence-corrected chi connectivity index (χ4v) is 2.42. The summed E-state index contributed by atoms with van der Waals surface area (Å²) < 4.78 is 0. The first-order valence-corrected chi connectivity index (χ1v) is 7.59. The predicted octanol–water partition coefficient (Wildman–Crippen LogP) is 2.90. The molecule has 23 heavy (non-hydrogen) atoms. The number of pyridine rings is 1. The van der Waals surface area contributed by atoms with Crippen LogP contribution in [0.15, 0.2) is 48.8 Å². The lowest BCUT2D eigenvalue weighted by Crippen LogP contribution is -2.17. The number of fused-ring (bicyclic) bond motifs is 1. The Morgan fingerprint density at radius 2 is 2.00 bits per heavy atom. The molecule has 0 radical (unpaired) electrons. The molecule has 1 aliphatic heterocycles. The summed E-state index contributed by atoms with van der Waals surface area (Å²) in [6.45, 7) is 1.81. The zero-order chi connectivity index (χ0) is 16.1. The lowest BCUT2D eigenvalue weighted by atomic mass is 10.0. The van der Waals surface area contributed by atoms with Crippen LogP contribution in [0.1, 0.15) is 11.1 Å². The molecule has 5 nitrogen and oxygen atoms in total. The summed E-state index contributed by atoms with van der Waals surface area (Å²) in [5, 5.41) is 19.2. The van der Waals surface area contributed by atoms with E-state index in [2.05, 4.69) is 45.2 Å². The number of benzene rings is 1. The molecule has 0 saturated heterocycles. The summed E-state index contributed by atoms with van der Waals surface area (Å²) in [5.74, 6) is 0.895. The Balaban J connectivity index is 1.83. The van der Waals surface area contributed by atoms with Crippen molar-refractivity contribution in [3.63, 3.8) is 0 Å². The van der Waals surface area contributed by atoms with Gasteiger partial charge in [0, 0.05) is 30.5 Å². The highest BCUT2D eigenvalue weighted by atomic mass is 16.3. The van der Waals surface area contributed by atoms with E-state index in [9.17, 15) is 5.11 Å². The van der Waals surface area contributed by atoms with Crippen LogP contribution in [0.4, 0.5) is 11.5 Å². The number of rotatable bonds is 5. The third-order valence-electron chi connectivity index (χ3n) is 3.62. The van der Waals surface area contributed by atoms with Gasteiger partial charge < -0.3 is 21.1 Å². The largest absolute Gasteiger partial charge is 0.506 e. The van der Waals surface area contributed by atoms with Gasteiger partial charge in [-0.3, -0.25) is 0 Å². The number of nitrogens with zero attached hydrogens (tertiary/aromatic N) is 1. The number of likely N-dealkylation sites (N-methyl/N-ethyl adjacent to an activating group) is 1. The van der Waals surface area contributed by atoms with Crippen LogP contribution in [-0.2, 0) is 0 Å². The Morgan fingerprint density at radius 1 is 1.17 bits per heavy atom. The van der Waals surface area contributed by atoms with Crippen LogP contribution < -0.4 is 16.0 Å². The van der Waals surface area contributed by atoms with Gasteiger partial charge in [0.25, 0.3) is 0 Å². The number of allylic oxidation sites excluding steroid dienone is 2. The molecule has 0 saturated carbocycles. The van der Waals surface area contributed by atoms with E-state index < -0.39 is 0 Å². The Labute approximate surface area is 135 Å².